The number of esters is 1. The lowest BCUT2D eigenvalue weighted by atomic mass is 10.1. The summed E-state index contributed by atoms with van der Waals surface area (Å²) in [6.45, 7) is 9.43. The van der Waals surface area contributed by atoms with E-state index in [0.29, 0.717) is 31.6 Å². The van der Waals surface area contributed by atoms with Crippen molar-refractivity contribution in [3.05, 3.63) is 93.0 Å². The molecule has 0 aliphatic rings. The van der Waals surface area contributed by atoms with Gasteiger partial charge in [0.25, 0.3) is 0 Å². The van der Waals surface area contributed by atoms with Crippen molar-refractivity contribution in [2.45, 2.75) is 46.7 Å². The fourth-order valence-electron chi connectivity index (χ4n) is 4.72. The zero-order valence-corrected chi connectivity index (χ0v) is 34.6. The van der Waals surface area contributed by atoms with Gasteiger partial charge < -0.3 is 20.5 Å². The first-order valence-electron chi connectivity index (χ1n) is 17.0. The van der Waals surface area contributed by atoms with Crippen LogP contribution in [-0.4, -0.2) is 53.6 Å². The van der Waals surface area contributed by atoms with Crippen LogP contribution in [0.3, 0.4) is 0 Å². The van der Waals surface area contributed by atoms with Crippen LogP contribution in [0.25, 0.3) is 20.4 Å². The average molecular weight is 897 g/mol. The second-order valence-electron chi connectivity index (χ2n) is 11.6. The SMILES string of the molecule is CCOC(=O)c1nc(N[C@@H](C)c2cncc(F)c2)nc2c(C)csc12.Cc1csc2c(C(=O)O)nc(N[C@@H](C)c3cncc(F)c3)nc12.N=N/N=N/N=N/N=N/N=N/N=NCl. The Morgan fingerprint density at radius 1 is 0.754 bits per heavy atom. The number of rotatable bonds is 14. The number of carboxylic acid groups (broad SMARTS) is 1. The Balaban J connectivity index is 0.000000212. The summed E-state index contributed by atoms with van der Waals surface area (Å²) in [5.41, 5.74) is 10.8. The molecule has 6 aromatic heterocycles. The quantitative estimate of drug-likeness (QED) is 0.0450. The first-order valence-corrected chi connectivity index (χ1v) is 19.1. The van der Waals surface area contributed by atoms with Crippen LogP contribution in [0, 0.1) is 31.0 Å². The predicted octanol–water partition coefficient (Wildman–Crippen LogP) is 10.3. The Labute approximate surface area is 355 Å². The van der Waals surface area contributed by atoms with Crippen molar-refractivity contribution >= 4 is 78.7 Å². The highest BCUT2D eigenvalue weighted by atomic mass is 35.5. The Morgan fingerprint density at radius 2 is 1.20 bits per heavy atom. The number of ether oxygens (including phenoxy) is 1. The van der Waals surface area contributed by atoms with Crippen molar-refractivity contribution in [2.24, 2.45) is 56.9 Å². The number of fused-ring (bicyclic) bond motifs is 2. The number of pyridine rings is 2. The number of aromatic nitrogens is 6. The fraction of sp³-hybridized carbons (Fsp3) is 0.250. The Kier molecular flexibility index (Phi) is 17.7. The number of hydrogen-bond donors (Lipinski definition) is 4. The summed E-state index contributed by atoms with van der Waals surface area (Å²) in [6.07, 6.45) is 5.37. The maximum atomic E-state index is 13.4. The molecule has 0 fully saturated rings. The standard InChI is InChI=1S/C17H17FN4O2S.C15H13FN4O2S.ClHN12/c1-4-24-16(23)14-15-13(9(2)8-25-15)21-17(22-14)20-10(3)11-5-12(18)7-19-6-11;1-7-6-23-13-11(7)19-15(20-12(13)14(21)22)18-8(2)9-3-10(16)5-17-4-9;1-3-5-7-9-11-13-12-10-8-6-4-2/h5-8,10H,4H2,1-3H3,(H,20,21,22);3-6,8H,1-2H3,(H,21,22)(H,18,19,20);2H/b;;4-2?,5-3?,8-6+,9-7+,12-10+,13-11+/t10-;8-;/m00./s1. The van der Waals surface area contributed by atoms with Crippen molar-refractivity contribution in [2.75, 3.05) is 17.2 Å². The van der Waals surface area contributed by atoms with Gasteiger partial charge in [0.15, 0.2) is 11.4 Å². The topological polar surface area (TPSA) is 325 Å². The van der Waals surface area contributed by atoms with E-state index in [-0.39, 0.29) is 42.0 Å². The number of hydrogen-bond acceptors (Lipinski definition) is 15. The van der Waals surface area contributed by atoms with Crippen molar-refractivity contribution in [3.8, 4) is 0 Å². The maximum absolute atomic E-state index is 13.4. The summed E-state index contributed by atoms with van der Waals surface area (Å²) in [7, 11) is 0. The Bertz CT molecular complexity index is 2630. The fourth-order valence-corrected chi connectivity index (χ4v) is 6.69. The number of carbonyl (C=O) groups excluding carboxylic acids is 1. The molecule has 61 heavy (non-hydrogen) atoms. The molecule has 0 aromatic carbocycles. The summed E-state index contributed by atoms with van der Waals surface area (Å²) < 4.78 is 35.7. The third kappa shape index (κ3) is 13.6. The van der Waals surface area contributed by atoms with Gasteiger partial charge >= 0.3 is 11.9 Å². The van der Waals surface area contributed by atoms with E-state index in [1.807, 2.05) is 31.5 Å². The molecule has 29 heteroatoms. The number of halogens is 3. The summed E-state index contributed by atoms with van der Waals surface area (Å²) in [5, 5.41) is 47.7. The lowest BCUT2D eigenvalue weighted by Gasteiger charge is -2.15. The van der Waals surface area contributed by atoms with Crippen LogP contribution in [0.2, 0.25) is 0 Å². The number of carboxylic acids is 1. The molecule has 4 N–H and O–H groups in total. The molecule has 316 valence electrons. The molecule has 0 bridgehead atoms. The predicted molar refractivity (Wildman–Crippen MR) is 215 cm³/mol. The molecule has 0 aliphatic heterocycles. The van der Waals surface area contributed by atoms with Crippen molar-refractivity contribution in [1.82, 2.24) is 29.9 Å². The van der Waals surface area contributed by atoms with Crippen molar-refractivity contribution in [1.29, 1.82) is 5.53 Å². The summed E-state index contributed by atoms with van der Waals surface area (Å²) in [6, 6.07) is 2.15. The van der Waals surface area contributed by atoms with Gasteiger partial charge in [-0.25, -0.2) is 38.3 Å². The van der Waals surface area contributed by atoms with E-state index < -0.39 is 23.6 Å². The summed E-state index contributed by atoms with van der Waals surface area (Å²) in [5.74, 6) is -1.97. The van der Waals surface area contributed by atoms with Crippen LogP contribution < -0.4 is 10.6 Å². The van der Waals surface area contributed by atoms with Gasteiger partial charge in [0, 0.05) is 12.4 Å². The number of aromatic carboxylic acids is 1. The largest absolute Gasteiger partial charge is 0.476 e. The third-order valence-electron chi connectivity index (χ3n) is 7.40. The minimum atomic E-state index is -1.11. The second kappa shape index (κ2) is 23.3. The Hall–Kier alpha value is -7.33. The number of anilines is 2. The number of nitrogens with one attached hydrogen (secondary N) is 3. The van der Waals surface area contributed by atoms with E-state index in [2.05, 4.69) is 97.4 Å². The molecular weight excluding hydrogens is 866 g/mol. The van der Waals surface area contributed by atoms with Crippen LogP contribution >= 0.6 is 34.5 Å². The molecule has 0 saturated carbocycles. The minimum absolute atomic E-state index is 0.0415. The highest BCUT2D eigenvalue weighted by Crippen LogP contribution is 2.30. The van der Waals surface area contributed by atoms with Crippen LogP contribution in [0.5, 0.6) is 0 Å². The van der Waals surface area contributed by atoms with Gasteiger partial charge in [-0.1, -0.05) is 4.63 Å². The van der Waals surface area contributed by atoms with Gasteiger partial charge in [0.1, 0.15) is 11.6 Å². The van der Waals surface area contributed by atoms with E-state index in [4.69, 9.17) is 22.0 Å². The molecule has 6 aromatic rings. The molecule has 24 nitrogen and oxygen atoms in total. The first-order chi connectivity index (χ1) is 29.4. The number of carbonyl (C=O) groups is 2. The van der Waals surface area contributed by atoms with Crippen molar-refractivity contribution in [3.63, 3.8) is 0 Å². The van der Waals surface area contributed by atoms with Crippen LogP contribution in [-0.2, 0) is 4.74 Å². The lowest BCUT2D eigenvalue weighted by molar-refractivity contribution is 0.0521. The van der Waals surface area contributed by atoms with Crippen LogP contribution in [0.4, 0.5) is 20.7 Å². The normalized spacial score (nSPS) is 12.5. The molecule has 0 aliphatic carbocycles. The molecule has 0 spiro atoms. The highest BCUT2D eigenvalue weighted by molar-refractivity contribution is 7.18. The van der Waals surface area contributed by atoms with Gasteiger partial charge in [0.05, 0.1) is 63.3 Å². The summed E-state index contributed by atoms with van der Waals surface area (Å²) >= 11 is 7.44. The Morgan fingerprint density at radius 3 is 1.62 bits per heavy atom. The average Bonchev–Trinajstić information content (AvgIpc) is 3.81. The summed E-state index contributed by atoms with van der Waals surface area (Å²) in [4.78, 5) is 48.5. The van der Waals surface area contributed by atoms with Gasteiger partial charge in [-0.3, -0.25) is 9.97 Å². The molecule has 2 atom stereocenters. The van der Waals surface area contributed by atoms with Crippen LogP contribution in [0.15, 0.2) is 105 Å². The van der Waals surface area contributed by atoms with Gasteiger partial charge in [-0.05, 0) is 132 Å². The monoisotopic (exact) mass is 896 g/mol. The van der Waals surface area contributed by atoms with E-state index in [1.165, 1.54) is 41.0 Å². The number of thiophene rings is 2. The van der Waals surface area contributed by atoms with Crippen molar-refractivity contribution < 1.29 is 28.2 Å². The van der Waals surface area contributed by atoms with Gasteiger partial charge in [-0.15, -0.1) is 22.7 Å². The van der Waals surface area contributed by atoms with E-state index >= 15 is 0 Å². The number of aryl methyl sites for hydroxylation is 2. The number of nitrogens with zero attached hydrogens (tertiary/aromatic N) is 17. The van der Waals surface area contributed by atoms with Crippen LogP contribution in [0.1, 0.15) is 76.1 Å². The maximum Gasteiger partial charge on any atom is 0.358 e. The van der Waals surface area contributed by atoms with E-state index in [1.54, 1.807) is 20.0 Å². The minimum Gasteiger partial charge on any atom is -0.476 e. The van der Waals surface area contributed by atoms with Gasteiger partial charge in [0.2, 0.25) is 11.9 Å². The second-order valence-corrected chi connectivity index (χ2v) is 13.5. The molecule has 6 heterocycles. The zero-order valence-electron chi connectivity index (χ0n) is 32.2. The molecule has 0 amide bonds. The third-order valence-corrected chi connectivity index (χ3v) is 9.65. The molecule has 0 saturated heterocycles. The molecule has 0 radical (unpaired) electrons. The molecule has 6 rings (SSSR count). The molecule has 0 unspecified atom stereocenters. The smallest absolute Gasteiger partial charge is 0.358 e. The highest BCUT2D eigenvalue weighted by Gasteiger charge is 2.21. The first kappa shape index (κ1) is 46.4. The lowest BCUT2D eigenvalue weighted by Crippen LogP contribution is -2.14. The zero-order chi connectivity index (χ0) is 44.3. The van der Waals surface area contributed by atoms with E-state index in [0.717, 1.165) is 23.5 Å². The van der Waals surface area contributed by atoms with Gasteiger partial charge in [-0.2, -0.15) is 5.53 Å². The van der Waals surface area contributed by atoms with E-state index in [9.17, 15) is 23.5 Å². The molecular formula is C32H31ClF2N20O4S2.